The van der Waals surface area contributed by atoms with Gasteiger partial charge in [0.25, 0.3) is 5.91 Å². The molecular weight excluding hydrogens is 246 g/mol. The average molecular weight is 265 g/mol. The van der Waals surface area contributed by atoms with E-state index in [2.05, 4.69) is 5.32 Å². The molecular formula is C14H19NO4. The fourth-order valence-electron chi connectivity index (χ4n) is 1.73. The van der Waals surface area contributed by atoms with Crippen LogP contribution in [-0.2, 0) is 9.59 Å². The van der Waals surface area contributed by atoms with Crippen molar-refractivity contribution in [2.75, 3.05) is 0 Å². The van der Waals surface area contributed by atoms with Crippen LogP contribution in [0.3, 0.4) is 0 Å². The van der Waals surface area contributed by atoms with Gasteiger partial charge in [0.05, 0.1) is 0 Å². The minimum atomic E-state index is -1.35. The summed E-state index contributed by atoms with van der Waals surface area (Å²) >= 11 is 0. The van der Waals surface area contributed by atoms with Gasteiger partial charge in [-0.2, -0.15) is 0 Å². The molecule has 0 spiro atoms. The van der Waals surface area contributed by atoms with Crippen LogP contribution < -0.4 is 5.32 Å². The molecule has 0 aliphatic heterocycles. The van der Waals surface area contributed by atoms with E-state index in [0.717, 1.165) is 0 Å². The number of carboxylic acid groups (broad SMARTS) is 1. The zero-order valence-corrected chi connectivity index (χ0v) is 11.0. The largest absolute Gasteiger partial charge is 0.480 e. The molecule has 0 aliphatic rings. The maximum Gasteiger partial charge on any atom is 0.326 e. The fourth-order valence-corrected chi connectivity index (χ4v) is 1.73. The first-order valence-electron chi connectivity index (χ1n) is 6.18. The quantitative estimate of drug-likeness (QED) is 0.724. The summed E-state index contributed by atoms with van der Waals surface area (Å²) in [5, 5.41) is 21.2. The average Bonchev–Trinajstić information content (AvgIpc) is 2.37. The second-order valence-electron chi connectivity index (χ2n) is 4.84. The number of aliphatic hydroxyl groups excluding tert-OH is 1. The molecule has 0 radical (unpaired) electrons. The molecule has 1 aromatic rings. The third-order valence-corrected chi connectivity index (χ3v) is 2.69. The highest BCUT2D eigenvalue weighted by Gasteiger charge is 2.25. The van der Waals surface area contributed by atoms with Gasteiger partial charge in [0.15, 0.2) is 6.10 Å². The van der Waals surface area contributed by atoms with E-state index < -0.39 is 24.0 Å². The van der Waals surface area contributed by atoms with Crippen molar-refractivity contribution in [3.05, 3.63) is 35.9 Å². The van der Waals surface area contributed by atoms with Gasteiger partial charge < -0.3 is 15.5 Å². The van der Waals surface area contributed by atoms with Crippen molar-refractivity contribution in [2.24, 2.45) is 5.92 Å². The van der Waals surface area contributed by atoms with Crippen molar-refractivity contribution in [1.82, 2.24) is 5.32 Å². The molecule has 0 aliphatic carbocycles. The summed E-state index contributed by atoms with van der Waals surface area (Å²) in [6.45, 7) is 3.74. The first kappa shape index (κ1) is 15.2. The summed E-state index contributed by atoms with van der Waals surface area (Å²) in [5.41, 5.74) is 0.439. The molecule has 5 nitrogen and oxygen atoms in total. The fraction of sp³-hybridized carbons (Fsp3) is 0.429. The summed E-state index contributed by atoms with van der Waals surface area (Å²) in [4.78, 5) is 22.8. The summed E-state index contributed by atoms with van der Waals surface area (Å²) < 4.78 is 0. The third-order valence-electron chi connectivity index (χ3n) is 2.69. The summed E-state index contributed by atoms with van der Waals surface area (Å²) in [6.07, 6.45) is -1.03. The van der Waals surface area contributed by atoms with Crippen molar-refractivity contribution in [3.8, 4) is 0 Å². The van der Waals surface area contributed by atoms with Gasteiger partial charge in [-0.25, -0.2) is 4.79 Å². The molecule has 0 saturated heterocycles. The Morgan fingerprint density at radius 2 is 1.79 bits per heavy atom. The molecule has 2 atom stereocenters. The van der Waals surface area contributed by atoms with Crippen molar-refractivity contribution < 1.29 is 19.8 Å². The lowest BCUT2D eigenvalue weighted by molar-refractivity contribution is -0.144. The molecule has 1 amide bonds. The number of hydrogen-bond donors (Lipinski definition) is 3. The van der Waals surface area contributed by atoms with Crippen LogP contribution in [0.15, 0.2) is 30.3 Å². The highest BCUT2D eigenvalue weighted by Crippen LogP contribution is 2.13. The molecule has 0 heterocycles. The molecule has 1 rings (SSSR count). The van der Waals surface area contributed by atoms with Crippen molar-refractivity contribution in [3.63, 3.8) is 0 Å². The Labute approximate surface area is 112 Å². The Morgan fingerprint density at radius 1 is 1.21 bits per heavy atom. The van der Waals surface area contributed by atoms with Gasteiger partial charge in [0.2, 0.25) is 0 Å². The topological polar surface area (TPSA) is 86.6 Å². The van der Waals surface area contributed by atoms with Crippen LogP contribution in [0, 0.1) is 5.92 Å². The Bertz CT molecular complexity index is 430. The number of hydrogen-bond acceptors (Lipinski definition) is 3. The van der Waals surface area contributed by atoms with E-state index in [1.54, 1.807) is 30.3 Å². The first-order valence-corrected chi connectivity index (χ1v) is 6.18. The van der Waals surface area contributed by atoms with E-state index in [1.807, 2.05) is 13.8 Å². The lowest BCUT2D eigenvalue weighted by Gasteiger charge is -2.18. The van der Waals surface area contributed by atoms with Crippen LogP contribution in [0.1, 0.15) is 31.9 Å². The zero-order valence-electron chi connectivity index (χ0n) is 11.0. The molecule has 0 fully saturated rings. The molecule has 0 bridgehead atoms. The molecule has 0 saturated carbocycles. The van der Waals surface area contributed by atoms with E-state index in [1.165, 1.54) is 0 Å². The number of nitrogens with one attached hydrogen (secondary N) is 1. The molecule has 19 heavy (non-hydrogen) atoms. The second-order valence-corrected chi connectivity index (χ2v) is 4.84. The number of aliphatic carboxylic acids is 1. The minimum absolute atomic E-state index is 0.135. The van der Waals surface area contributed by atoms with Gasteiger partial charge in [-0.3, -0.25) is 4.79 Å². The number of benzene rings is 1. The summed E-state index contributed by atoms with van der Waals surface area (Å²) in [5.74, 6) is -1.66. The SMILES string of the molecule is CC(C)C[C@H](NC(=O)[C@@H](O)c1ccccc1)C(=O)O. The monoisotopic (exact) mass is 265 g/mol. The van der Waals surface area contributed by atoms with Crippen molar-refractivity contribution in [1.29, 1.82) is 0 Å². The number of carbonyl (C=O) groups excluding carboxylic acids is 1. The van der Waals surface area contributed by atoms with Crippen LogP contribution in [0.4, 0.5) is 0 Å². The number of aliphatic hydroxyl groups is 1. The van der Waals surface area contributed by atoms with E-state index >= 15 is 0 Å². The van der Waals surface area contributed by atoms with Gasteiger partial charge in [-0.1, -0.05) is 44.2 Å². The molecule has 0 aromatic heterocycles. The van der Waals surface area contributed by atoms with Crippen molar-refractivity contribution >= 4 is 11.9 Å². The maximum atomic E-state index is 11.8. The lowest BCUT2D eigenvalue weighted by atomic mass is 10.0. The van der Waals surface area contributed by atoms with Crippen molar-refractivity contribution in [2.45, 2.75) is 32.4 Å². The highest BCUT2D eigenvalue weighted by molar-refractivity contribution is 5.86. The van der Waals surface area contributed by atoms with E-state index in [4.69, 9.17) is 5.11 Å². The zero-order chi connectivity index (χ0) is 14.4. The Morgan fingerprint density at radius 3 is 2.26 bits per heavy atom. The predicted octanol–water partition coefficient (Wildman–Crippen LogP) is 1.34. The van der Waals surface area contributed by atoms with Crippen LogP contribution in [-0.4, -0.2) is 28.1 Å². The Hall–Kier alpha value is -1.88. The van der Waals surface area contributed by atoms with E-state index in [9.17, 15) is 14.7 Å². The van der Waals surface area contributed by atoms with Gasteiger partial charge in [0.1, 0.15) is 6.04 Å². The molecule has 0 unspecified atom stereocenters. The normalized spacial score (nSPS) is 13.9. The maximum absolute atomic E-state index is 11.8. The van der Waals surface area contributed by atoms with Gasteiger partial charge in [-0.05, 0) is 17.9 Å². The van der Waals surface area contributed by atoms with Crippen LogP contribution in [0.2, 0.25) is 0 Å². The van der Waals surface area contributed by atoms with E-state index in [-0.39, 0.29) is 5.92 Å². The Balaban J connectivity index is 2.69. The van der Waals surface area contributed by atoms with Gasteiger partial charge >= 0.3 is 5.97 Å². The highest BCUT2D eigenvalue weighted by atomic mass is 16.4. The summed E-state index contributed by atoms with van der Waals surface area (Å²) in [6, 6.07) is 7.42. The van der Waals surface area contributed by atoms with Gasteiger partial charge in [-0.15, -0.1) is 0 Å². The van der Waals surface area contributed by atoms with E-state index in [0.29, 0.717) is 12.0 Å². The van der Waals surface area contributed by atoms with Crippen LogP contribution in [0.25, 0.3) is 0 Å². The number of rotatable bonds is 6. The first-order chi connectivity index (χ1) is 8.91. The van der Waals surface area contributed by atoms with Crippen LogP contribution >= 0.6 is 0 Å². The molecule has 5 heteroatoms. The number of carboxylic acids is 1. The molecule has 104 valence electrons. The van der Waals surface area contributed by atoms with Crippen LogP contribution in [0.5, 0.6) is 0 Å². The number of amides is 1. The standard InChI is InChI=1S/C14H19NO4/c1-9(2)8-11(14(18)19)15-13(17)12(16)10-6-4-3-5-7-10/h3-7,9,11-12,16H,8H2,1-2H3,(H,15,17)(H,18,19)/t11-,12-/m0/s1. The molecule has 1 aromatic carbocycles. The van der Waals surface area contributed by atoms with Gasteiger partial charge in [0, 0.05) is 0 Å². The lowest BCUT2D eigenvalue weighted by Crippen LogP contribution is -2.43. The number of carbonyl (C=O) groups is 2. The second kappa shape index (κ2) is 6.89. The minimum Gasteiger partial charge on any atom is -0.480 e. The Kier molecular flexibility index (Phi) is 5.51. The summed E-state index contributed by atoms with van der Waals surface area (Å²) in [7, 11) is 0. The smallest absolute Gasteiger partial charge is 0.326 e. The third kappa shape index (κ3) is 4.71. The molecule has 3 N–H and O–H groups in total. The predicted molar refractivity (Wildman–Crippen MR) is 70.4 cm³/mol.